The molecule has 1 fully saturated rings. The largest absolute Gasteiger partial charge is 0.451 e. The van der Waals surface area contributed by atoms with E-state index in [1.807, 2.05) is 0 Å². The van der Waals surface area contributed by atoms with Crippen LogP contribution < -0.4 is 10.7 Å². The molecule has 1 aliphatic carbocycles. The first-order valence-electron chi connectivity index (χ1n) is 7.47. The minimum Gasteiger partial charge on any atom is -0.451 e. The highest BCUT2D eigenvalue weighted by atomic mass is 16.3. The van der Waals surface area contributed by atoms with E-state index in [9.17, 15) is 9.59 Å². The average Bonchev–Trinajstić information content (AvgIpc) is 2.47. The van der Waals surface area contributed by atoms with Gasteiger partial charge in [-0.3, -0.25) is 9.59 Å². The van der Waals surface area contributed by atoms with Crippen molar-refractivity contribution >= 4 is 16.9 Å². The number of para-hydroxylation sites is 1. The van der Waals surface area contributed by atoms with Gasteiger partial charge in [-0.15, -0.1) is 0 Å². The van der Waals surface area contributed by atoms with E-state index in [0.717, 1.165) is 19.3 Å². The van der Waals surface area contributed by atoms with Gasteiger partial charge in [0.15, 0.2) is 11.2 Å². The van der Waals surface area contributed by atoms with E-state index in [0.29, 0.717) is 16.9 Å². The topological polar surface area (TPSA) is 59.3 Å². The molecule has 2 aromatic rings. The lowest BCUT2D eigenvalue weighted by Gasteiger charge is -2.27. The molecule has 1 N–H and O–H groups in total. The molecule has 1 aliphatic rings. The number of hydrogen-bond donors (Lipinski definition) is 1. The second kappa shape index (κ2) is 5.72. The minimum absolute atomic E-state index is 0.0944. The SMILES string of the molecule is CC1CCCC(NC(=O)c2cc(=O)c3ccccc3o2)C1. The average molecular weight is 285 g/mol. The van der Waals surface area contributed by atoms with Crippen LogP contribution in [-0.2, 0) is 0 Å². The van der Waals surface area contributed by atoms with Crippen molar-refractivity contribution in [2.75, 3.05) is 0 Å². The Bertz CT molecular complexity index is 719. The third-order valence-electron chi connectivity index (χ3n) is 4.13. The molecule has 0 bridgehead atoms. The normalized spacial score (nSPS) is 22.1. The van der Waals surface area contributed by atoms with E-state index in [1.165, 1.54) is 12.5 Å². The van der Waals surface area contributed by atoms with Crippen molar-refractivity contribution in [2.45, 2.75) is 38.6 Å². The van der Waals surface area contributed by atoms with Gasteiger partial charge in [0.1, 0.15) is 5.58 Å². The molecule has 2 atom stereocenters. The van der Waals surface area contributed by atoms with E-state index >= 15 is 0 Å². The van der Waals surface area contributed by atoms with Crippen LogP contribution in [0, 0.1) is 5.92 Å². The molecular weight excluding hydrogens is 266 g/mol. The van der Waals surface area contributed by atoms with Gasteiger partial charge in [0.05, 0.1) is 5.39 Å². The second-order valence-corrected chi connectivity index (χ2v) is 5.91. The Morgan fingerprint density at radius 1 is 1.29 bits per heavy atom. The number of rotatable bonds is 2. The molecule has 1 saturated carbocycles. The fourth-order valence-electron chi connectivity index (χ4n) is 3.04. The van der Waals surface area contributed by atoms with Crippen molar-refractivity contribution in [1.29, 1.82) is 0 Å². The molecule has 4 nitrogen and oxygen atoms in total. The molecular formula is C17H19NO3. The van der Waals surface area contributed by atoms with Crippen LogP contribution in [0.25, 0.3) is 11.0 Å². The quantitative estimate of drug-likeness (QED) is 0.922. The summed E-state index contributed by atoms with van der Waals surface area (Å²) in [7, 11) is 0. The number of nitrogens with one attached hydrogen (secondary N) is 1. The maximum absolute atomic E-state index is 12.3. The van der Waals surface area contributed by atoms with Crippen molar-refractivity contribution in [2.24, 2.45) is 5.92 Å². The van der Waals surface area contributed by atoms with Crippen LogP contribution in [0.3, 0.4) is 0 Å². The molecule has 0 spiro atoms. The van der Waals surface area contributed by atoms with Crippen molar-refractivity contribution in [3.8, 4) is 0 Å². The molecule has 21 heavy (non-hydrogen) atoms. The highest BCUT2D eigenvalue weighted by Crippen LogP contribution is 2.23. The summed E-state index contributed by atoms with van der Waals surface area (Å²) in [4.78, 5) is 24.3. The van der Waals surface area contributed by atoms with Crippen LogP contribution in [0.5, 0.6) is 0 Å². The zero-order valence-corrected chi connectivity index (χ0v) is 12.1. The predicted molar refractivity (Wildman–Crippen MR) is 81.4 cm³/mol. The lowest BCUT2D eigenvalue weighted by molar-refractivity contribution is 0.0893. The third kappa shape index (κ3) is 2.99. The molecule has 1 amide bonds. The fraction of sp³-hybridized carbons (Fsp3) is 0.412. The summed E-state index contributed by atoms with van der Waals surface area (Å²) in [6, 6.07) is 8.43. The molecule has 1 aromatic carbocycles. The summed E-state index contributed by atoms with van der Waals surface area (Å²) < 4.78 is 5.56. The zero-order chi connectivity index (χ0) is 14.8. The lowest BCUT2D eigenvalue weighted by atomic mass is 9.87. The van der Waals surface area contributed by atoms with Crippen molar-refractivity contribution in [1.82, 2.24) is 5.32 Å². The molecule has 0 saturated heterocycles. The van der Waals surface area contributed by atoms with E-state index < -0.39 is 0 Å². The van der Waals surface area contributed by atoms with Gasteiger partial charge in [-0.2, -0.15) is 0 Å². The smallest absolute Gasteiger partial charge is 0.287 e. The first-order valence-corrected chi connectivity index (χ1v) is 7.47. The second-order valence-electron chi connectivity index (χ2n) is 5.91. The summed E-state index contributed by atoms with van der Waals surface area (Å²) in [6.07, 6.45) is 4.34. The monoisotopic (exact) mass is 285 g/mol. The maximum atomic E-state index is 12.3. The molecule has 4 heteroatoms. The summed E-state index contributed by atoms with van der Waals surface area (Å²) in [6.45, 7) is 2.20. The number of fused-ring (bicyclic) bond motifs is 1. The Labute approximate surface area is 123 Å². The van der Waals surface area contributed by atoms with Crippen LogP contribution in [0.1, 0.15) is 43.2 Å². The van der Waals surface area contributed by atoms with E-state index in [-0.39, 0.29) is 23.1 Å². The molecule has 0 radical (unpaired) electrons. The van der Waals surface area contributed by atoms with E-state index in [1.54, 1.807) is 24.3 Å². The molecule has 2 unspecified atom stereocenters. The maximum Gasteiger partial charge on any atom is 0.287 e. The number of carbonyl (C=O) groups excluding carboxylic acids is 1. The molecule has 3 rings (SSSR count). The van der Waals surface area contributed by atoms with Crippen LogP contribution in [-0.4, -0.2) is 11.9 Å². The number of amides is 1. The summed E-state index contributed by atoms with van der Waals surface area (Å²) in [5.41, 5.74) is 0.270. The van der Waals surface area contributed by atoms with Gasteiger partial charge in [-0.1, -0.05) is 31.9 Å². The van der Waals surface area contributed by atoms with E-state index in [2.05, 4.69) is 12.2 Å². The summed E-state index contributed by atoms with van der Waals surface area (Å²) in [5.74, 6) is 0.432. The Balaban J connectivity index is 1.83. The van der Waals surface area contributed by atoms with Gasteiger partial charge in [-0.25, -0.2) is 0 Å². The highest BCUT2D eigenvalue weighted by Gasteiger charge is 2.22. The minimum atomic E-state index is -0.294. The number of hydrogen-bond acceptors (Lipinski definition) is 3. The van der Waals surface area contributed by atoms with Gasteiger partial charge in [-0.05, 0) is 30.9 Å². The van der Waals surface area contributed by atoms with Crippen LogP contribution >= 0.6 is 0 Å². The van der Waals surface area contributed by atoms with Crippen molar-refractivity contribution in [3.63, 3.8) is 0 Å². The van der Waals surface area contributed by atoms with Gasteiger partial charge < -0.3 is 9.73 Å². The summed E-state index contributed by atoms with van der Waals surface area (Å²) in [5, 5.41) is 3.49. The Hall–Kier alpha value is -2.10. The van der Waals surface area contributed by atoms with Crippen molar-refractivity contribution < 1.29 is 9.21 Å². The van der Waals surface area contributed by atoms with Gasteiger partial charge in [0.25, 0.3) is 5.91 Å². The summed E-state index contributed by atoms with van der Waals surface area (Å²) >= 11 is 0. The first kappa shape index (κ1) is 13.9. The van der Waals surface area contributed by atoms with Gasteiger partial charge >= 0.3 is 0 Å². The molecule has 1 heterocycles. The first-order chi connectivity index (χ1) is 10.1. The van der Waals surface area contributed by atoms with Gasteiger partial charge in [0, 0.05) is 12.1 Å². The van der Waals surface area contributed by atoms with Crippen molar-refractivity contribution in [3.05, 3.63) is 46.3 Å². The molecule has 110 valence electrons. The van der Waals surface area contributed by atoms with Crippen LogP contribution in [0.15, 0.2) is 39.5 Å². The standard InChI is InChI=1S/C17H19NO3/c1-11-5-4-6-12(9-11)18-17(20)16-10-14(19)13-7-2-3-8-15(13)21-16/h2-3,7-8,10-12H,4-6,9H2,1H3,(H,18,20). The fourth-order valence-corrected chi connectivity index (χ4v) is 3.04. The molecule has 0 aliphatic heterocycles. The highest BCUT2D eigenvalue weighted by molar-refractivity contribution is 5.93. The third-order valence-corrected chi connectivity index (χ3v) is 4.13. The van der Waals surface area contributed by atoms with Gasteiger partial charge in [0.2, 0.25) is 0 Å². The van der Waals surface area contributed by atoms with Crippen LogP contribution in [0.2, 0.25) is 0 Å². The van der Waals surface area contributed by atoms with Crippen LogP contribution in [0.4, 0.5) is 0 Å². The Morgan fingerprint density at radius 3 is 2.90 bits per heavy atom. The Morgan fingerprint density at radius 2 is 2.10 bits per heavy atom. The lowest BCUT2D eigenvalue weighted by Crippen LogP contribution is -2.38. The number of benzene rings is 1. The molecule has 1 aromatic heterocycles. The number of carbonyl (C=O) groups is 1. The predicted octanol–water partition coefficient (Wildman–Crippen LogP) is 3.10. The Kier molecular flexibility index (Phi) is 3.78. The zero-order valence-electron chi connectivity index (χ0n) is 12.1. The van der Waals surface area contributed by atoms with E-state index in [4.69, 9.17) is 4.42 Å².